The molecule has 1 aliphatic rings. The number of nitrogens with one attached hydrogen (secondary N) is 2. The maximum absolute atomic E-state index is 12.3. The second-order valence-electron chi connectivity index (χ2n) is 8.74. The first-order valence-electron chi connectivity index (χ1n) is 10.2. The van der Waals surface area contributed by atoms with Gasteiger partial charge in [-0.3, -0.25) is 9.59 Å². The molecule has 1 unspecified atom stereocenters. The largest absolute Gasteiger partial charge is 0.484 e. The molecule has 0 aromatic heterocycles. The van der Waals surface area contributed by atoms with E-state index in [0.717, 1.165) is 29.7 Å². The van der Waals surface area contributed by atoms with Crippen molar-refractivity contribution in [3.05, 3.63) is 59.7 Å². The first-order chi connectivity index (χ1) is 13.7. The van der Waals surface area contributed by atoms with Crippen molar-refractivity contribution in [3.8, 4) is 5.75 Å². The van der Waals surface area contributed by atoms with Gasteiger partial charge in [0.05, 0.1) is 6.04 Å². The number of carbonyl (C=O) groups is 2. The molecule has 2 N–H and O–H groups in total. The van der Waals surface area contributed by atoms with Gasteiger partial charge in [0.25, 0.3) is 5.91 Å². The molecule has 2 aromatic rings. The molecule has 2 amide bonds. The normalized spacial score (nSPS) is 14.8. The summed E-state index contributed by atoms with van der Waals surface area (Å²) in [5.41, 5.74) is 2.95. The van der Waals surface area contributed by atoms with Gasteiger partial charge >= 0.3 is 0 Å². The fourth-order valence-electron chi connectivity index (χ4n) is 3.01. The molecule has 0 radical (unpaired) electrons. The van der Waals surface area contributed by atoms with Crippen molar-refractivity contribution in [2.24, 2.45) is 5.92 Å². The van der Waals surface area contributed by atoms with E-state index < -0.39 is 0 Å². The summed E-state index contributed by atoms with van der Waals surface area (Å²) < 4.78 is 5.67. The second kappa shape index (κ2) is 8.68. The molecule has 0 aliphatic heterocycles. The zero-order chi connectivity index (χ0) is 21.0. The Hall–Kier alpha value is -2.82. The molecular weight excluding hydrogens is 364 g/mol. The smallest absolute Gasteiger partial charge is 0.258 e. The van der Waals surface area contributed by atoms with E-state index in [0.29, 0.717) is 5.75 Å². The first kappa shape index (κ1) is 20.9. The minimum atomic E-state index is -0.176. The van der Waals surface area contributed by atoms with Gasteiger partial charge in [-0.25, -0.2) is 0 Å². The van der Waals surface area contributed by atoms with E-state index in [2.05, 4.69) is 37.5 Å². The Morgan fingerprint density at radius 3 is 2.41 bits per heavy atom. The highest BCUT2D eigenvalue weighted by atomic mass is 16.5. The number of rotatable bonds is 7. The highest BCUT2D eigenvalue weighted by molar-refractivity contribution is 5.94. The van der Waals surface area contributed by atoms with Gasteiger partial charge in [-0.05, 0) is 60.6 Å². The van der Waals surface area contributed by atoms with Crippen LogP contribution < -0.4 is 15.4 Å². The molecule has 0 saturated heterocycles. The van der Waals surface area contributed by atoms with Gasteiger partial charge in [-0.2, -0.15) is 0 Å². The zero-order valence-corrected chi connectivity index (χ0v) is 17.6. The predicted octanol–water partition coefficient (Wildman–Crippen LogP) is 4.59. The van der Waals surface area contributed by atoms with Crippen molar-refractivity contribution in [2.45, 2.75) is 52.0 Å². The summed E-state index contributed by atoms with van der Waals surface area (Å²) >= 11 is 0. The molecule has 0 spiro atoms. The van der Waals surface area contributed by atoms with Gasteiger partial charge in [0.1, 0.15) is 5.75 Å². The summed E-state index contributed by atoms with van der Waals surface area (Å²) in [6, 6.07) is 15.3. The molecule has 1 fully saturated rings. The highest BCUT2D eigenvalue weighted by Crippen LogP contribution is 2.30. The standard InChI is InChI=1S/C24H30N2O3/c1-16(17-10-12-20(13-11-17)26-23(28)18-8-9-18)25-22(27)15-29-21-7-5-6-19(14-21)24(2,3)4/h5-7,10-14,16,18H,8-9,15H2,1-4H3,(H,25,27)(H,26,28). The summed E-state index contributed by atoms with van der Waals surface area (Å²) in [6.07, 6.45) is 1.96. The minimum Gasteiger partial charge on any atom is -0.484 e. The van der Waals surface area contributed by atoms with E-state index in [4.69, 9.17) is 4.74 Å². The topological polar surface area (TPSA) is 67.4 Å². The molecule has 5 nitrogen and oxygen atoms in total. The van der Waals surface area contributed by atoms with Crippen molar-refractivity contribution in [1.29, 1.82) is 0 Å². The van der Waals surface area contributed by atoms with Crippen LogP contribution in [0.25, 0.3) is 0 Å². The van der Waals surface area contributed by atoms with Crippen molar-refractivity contribution >= 4 is 17.5 Å². The Balaban J connectivity index is 1.49. The second-order valence-corrected chi connectivity index (χ2v) is 8.74. The molecule has 0 heterocycles. The van der Waals surface area contributed by atoms with Crippen LogP contribution in [0.3, 0.4) is 0 Å². The van der Waals surface area contributed by atoms with Crippen LogP contribution in [0.2, 0.25) is 0 Å². The van der Waals surface area contributed by atoms with Crippen LogP contribution in [-0.2, 0) is 15.0 Å². The molecule has 3 rings (SSSR count). The number of hydrogen-bond acceptors (Lipinski definition) is 3. The van der Waals surface area contributed by atoms with E-state index in [-0.39, 0.29) is 35.8 Å². The third-order valence-corrected chi connectivity index (χ3v) is 5.07. The first-order valence-corrected chi connectivity index (χ1v) is 10.2. The molecular formula is C24H30N2O3. The molecule has 29 heavy (non-hydrogen) atoms. The van der Waals surface area contributed by atoms with Crippen LogP contribution in [0.1, 0.15) is 57.7 Å². The quantitative estimate of drug-likeness (QED) is 0.722. The SMILES string of the molecule is CC(NC(=O)COc1cccc(C(C)(C)C)c1)c1ccc(NC(=O)C2CC2)cc1. The van der Waals surface area contributed by atoms with E-state index in [1.807, 2.05) is 49.4 Å². The lowest BCUT2D eigenvalue weighted by Gasteiger charge is -2.20. The van der Waals surface area contributed by atoms with Gasteiger partial charge in [0, 0.05) is 11.6 Å². The third kappa shape index (κ3) is 6.08. The van der Waals surface area contributed by atoms with Crippen molar-refractivity contribution in [3.63, 3.8) is 0 Å². The monoisotopic (exact) mass is 394 g/mol. The number of ether oxygens (including phenoxy) is 1. The summed E-state index contributed by atoms with van der Waals surface area (Å²) in [5, 5.41) is 5.87. The zero-order valence-electron chi connectivity index (χ0n) is 17.6. The van der Waals surface area contributed by atoms with Crippen LogP contribution in [0, 0.1) is 5.92 Å². The van der Waals surface area contributed by atoms with E-state index in [1.165, 1.54) is 0 Å². The van der Waals surface area contributed by atoms with Crippen LogP contribution >= 0.6 is 0 Å². The fraction of sp³-hybridized carbons (Fsp3) is 0.417. The van der Waals surface area contributed by atoms with Gasteiger partial charge in [-0.15, -0.1) is 0 Å². The van der Waals surface area contributed by atoms with Crippen molar-refractivity contribution < 1.29 is 14.3 Å². The molecule has 5 heteroatoms. The lowest BCUT2D eigenvalue weighted by Crippen LogP contribution is -2.31. The lowest BCUT2D eigenvalue weighted by molar-refractivity contribution is -0.123. The maximum atomic E-state index is 12.3. The van der Waals surface area contributed by atoms with Gasteiger partial charge in [0.15, 0.2) is 6.61 Å². The van der Waals surface area contributed by atoms with E-state index >= 15 is 0 Å². The average Bonchev–Trinajstić information content (AvgIpc) is 3.52. The number of amides is 2. The minimum absolute atomic E-state index is 0.0282. The molecule has 154 valence electrons. The van der Waals surface area contributed by atoms with Gasteiger partial charge < -0.3 is 15.4 Å². The number of benzene rings is 2. The number of anilines is 1. The Labute approximate surface area is 172 Å². The van der Waals surface area contributed by atoms with Crippen molar-refractivity contribution in [1.82, 2.24) is 5.32 Å². The average molecular weight is 395 g/mol. The molecule has 0 bridgehead atoms. The third-order valence-electron chi connectivity index (χ3n) is 5.07. The molecule has 1 aliphatic carbocycles. The molecule has 2 aromatic carbocycles. The van der Waals surface area contributed by atoms with Crippen LogP contribution in [0.4, 0.5) is 5.69 Å². The molecule has 1 saturated carbocycles. The highest BCUT2D eigenvalue weighted by Gasteiger charge is 2.29. The Morgan fingerprint density at radius 2 is 1.79 bits per heavy atom. The molecule has 1 atom stereocenters. The Bertz CT molecular complexity index is 864. The number of hydrogen-bond donors (Lipinski definition) is 2. The number of carbonyl (C=O) groups excluding carboxylic acids is 2. The maximum Gasteiger partial charge on any atom is 0.258 e. The van der Waals surface area contributed by atoms with Gasteiger partial charge in [0.2, 0.25) is 5.91 Å². The van der Waals surface area contributed by atoms with Crippen LogP contribution in [-0.4, -0.2) is 18.4 Å². The van der Waals surface area contributed by atoms with E-state index in [1.54, 1.807) is 0 Å². The predicted molar refractivity (Wildman–Crippen MR) is 115 cm³/mol. The van der Waals surface area contributed by atoms with Crippen molar-refractivity contribution in [2.75, 3.05) is 11.9 Å². The van der Waals surface area contributed by atoms with Gasteiger partial charge in [-0.1, -0.05) is 45.0 Å². The van der Waals surface area contributed by atoms with Crippen LogP contribution in [0.15, 0.2) is 48.5 Å². The lowest BCUT2D eigenvalue weighted by atomic mass is 9.87. The summed E-state index contributed by atoms with van der Waals surface area (Å²) in [5.74, 6) is 0.782. The Morgan fingerprint density at radius 1 is 1.10 bits per heavy atom. The Kier molecular flexibility index (Phi) is 6.26. The van der Waals surface area contributed by atoms with Crippen LogP contribution in [0.5, 0.6) is 5.75 Å². The fourth-order valence-corrected chi connectivity index (χ4v) is 3.01. The van der Waals surface area contributed by atoms with E-state index in [9.17, 15) is 9.59 Å². The summed E-state index contributed by atoms with van der Waals surface area (Å²) in [4.78, 5) is 24.1. The summed E-state index contributed by atoms with van der Waals surface area (Å²) in [6.45, 7) is 8.32. The summed E-state index contributed by atoms with van der Waals surface area (Å²) in [7, 11) is 0.